The SMILES string of the molecule is COc1ccc(CCNC2CCCCC2OC)cc1OC.O=C(O)C(=O)O. The summed E-state index contributed by atoms with van der Waals surface area (Å²) >= 11 is 0. The lowest BCUT2D eigenvalue weighted by Gasteiger charge is -2.31. The molecule has 2 atom stereocenters. The maximum Gasteiger partial charge on any atom is 0.414 e. The standard InChI is InChI=1S/C17H27NO3.C2H2O4/c1-19-15-7-5-4-6-14(15)18-11-10-13-8-9-16(20-2)17(12-13)21-3;3-1(4)2(5)6/h8-9,12,14-15,18H,4-7,10-11H2,1-3H3;(H,3,4)(H,5,6). The number of carbonyl (C=O) groups is 2. The van der Waals surface area contributed by atoms with Crippen molar-refractivity contribution in [1.29, 1.82) is 0 Å². The lowest BCUT2D eigenvalue weighted by molar-refractivity contribution is -0.159. The van der Waals surface area contributed by atoms with Gasteiger partial charge >= 0.3 is 11.9 Å². The van der Waals surface area contributed by atoms with E-state index in [2.05, 4.69) is 17.4 Å². The number of carboxylic acids is 2. The lowest BCUT2D eigenvalue weighted by atomic mass is 9.92. The van der Waals surface area contributed by atoms with Crippen molar-refractivity contribution < 1.29 is 34.0 Å². The summed E-state index contributed by atoms with van der Waals surface area (Å²) in [6, 6.07) is 6.60. The number of benzene rings is 1. The molecule has 0 radical (unpaired) electrons. The Morgan fingerprint density at radius 3 is 2.22 bits per heavy atom. The first kappa shape index (κ1) is 22.7. The van der Waals surface area contributed by atoms with Gasteiger partial charge in [0.1, 0.15) is 0 Å². The predicted octanol–water partition coefficient (Wildman–Crippen LogP) is 1.95. The van der Waals surface area contributed by atoms with E-state index in [9.17, 15) is 0 Å². The van der Waals surface area contributed by atoms with E-state index in [4.69, 9.17) is 34.0 Å². The Hall–Kier alpha value is -2.32. The Labute approximate surface area is 159 Å². The van der Waals surface area contributed by atoms with Gasteiger partial charge in [0, 0.05) is 13.2 Å². The highest BCUT2D eigenvalue weighted by atomic mass is 16.5. The van der Waals surface area contributed by atoms with Crippen LogP contribution in [0, 0.1) is 0 Å². The van der Waals surface area contributed by atoms with Crippen LogP contribution in [0.15, 0.2) is 18.2 Å². The van der Waals surface area contributed by atoms with E-state index in [1.165, 1.54) is 31.2 Å². The quantitative estimate of drug-likeness (QED) is 0.612. The molecule has 1 aromatic rings. The third kappa shape index (κ3) is 7.84. The highest BCUT2D eigenvalue weighted by Crippen LogP contribution is 2.27. The molecular formula is C19H29NO7. The summed E-state index contributed by atoms with van der Waals surface area (Å²) in [6.45, 7) is 0.958. The van der Waals surface area contributed by atoms with Crippen LogP contribution in [0.1, 0.15) is 31.2 Å². The van der Waals surface area contributed by atoms with Gasteiger partial charge in [0.2, 0.25) is 0 Å². The van der Waals surface area contributed by atoms with Crippen molar-refractivity contribution in [1.82, 2.24) is 5.32 Å². The molecular weight excluding hydrogens is 354 g/mol. The topological polar surface area (TPSA) is 114 Å². The van der Waals surface area contributed by atoms with Crippen molar-refractivity contribution in [2.75, 3.05) is 27.9 Å². The molecule has 1 saturated carbocycles. The summed E-state index contributed by atoms with van der Waals surface area (Å²) in [5.41, 5.74) is 1.25. The van der Waals surface area contributed by atoms with E-state index in [0.717, 1.165) is 24.5 Å². The minimum Gasteiger partial charge on any atom is -0.493 e. The minimum absolute atomic E-state index is 0.365. The van der Waals surface area contributed by atoms with E-state index in [-0.39, 0.29) is 0 Å². The summed E-state index contributed by atoms with van der Waals surface area (Å²) in [6.07, 6.45) is 6.31. The van der Waals surface area contributed by atoms with E-state index < -0.39 is 11.9 Å². The molecule has 0 heterocycles. The van der Waals surface area contributed by atoms with Crippen LogP contribution >= 0.6 is 0 Å². The van der Waals surface area contributed by atoms with Crippen LogP contribution in [-0.2, 0) is 20.7 Å². The second-order valence-electron chi connectivity index (χ2n) is 6.17. The van der Waals surface area contributed by atoms with Crippen LogP contribution in [0.2, 0.25) is 0 Å². The molecule has 1 aliphatic carbocycles. The molecule has 27 heavy (non-hydrogen) atoms. The van der Waals surface area contributed by atoms with Gasteiger partial charge < -0.3 is 29.7 Å². The van der Waals surface area contributed by atoms with Gasteiger partial charge in [-0.2, -0.15) is 0 Å². The summed E-state index contributed by atoms with van der Waals surface area (Å²) in [7, 11) is 5.15. The number of hydrogen-bond donors (Lipinski definition) is 3. The Kier molecular flexibility index (Phi) is 10.2. The van der Waals surface area contributed by atoms with Gasteiger partial charge in [-0.15, -0.1) is 0 Å². The van der Waals surface area contributed by atoms with Crippen LogP contribution in [-0.4, -0.2) is 62.2 Å². The van der Waals surface area contributed by atoms with Crippen LogP contribution in [0.3, 0.4) is 0 Å². The van der Waals surface area contributed by atoms with Crippen molar-refractivity contribution in [2.24, 2.45) is 0 Å². The van der Waals surface area contributed by atoms with Gasteiger partial charge in [-0.25, -0.2) is 9.59 Å². The Morgan fingerprint density at radius 2 is 1.67 bits per heavy atom. The number of ether oxygens (including phenoxy) is 3. The molecule has 152 valence electrons. The van der Waals surface area contributed by atoms with Crippen LogP contribution in [0.4, 0.5) is 0 Å². The van der Waals surface area contributed by atoms with Gasteiger partial charge in [-0.05, 0) is 43.5 Å². The number of rotatable bonds is 7. The molecule has 8 nitrogen and oxygen atoms in total. The maximum atomic E-state index is 9.10. The maximum absolute atomic E-state index is 9.10. The van der Waals surface area contributed by atoms with Gasteiger partial charge in [0.05, 0.1) is 20.3 Å². The minimum atomic E-state index is -1.82. The Balaban J connectivity index is 0.000000527. The molecule has 0 aromatic heterocycles. The highest BCUT2D eigenvalue weighted by Gasteiger charge is 2.23. The van der Waals surface area contributed by atoms with E-state index in [1.54, 1.807) is 14.2 Å². The average Bonchev–Trinajstić information content (AvgIpc) is 2.68. The molecule has 2 rings (SSSR count). The first-order valence-corrected chi connectivity index (χ1v) is 8.86. The highest BCUT2D eigenvalue weighted by molar-refractivity contribution is 6.27. The Bertz CT molecular complexity index is 594. The Morgan fingerprint density at radius 1 is 1.04 bits per heavy atom. The zero-order valence-corrected chi connectivity index (χ0v) is 16.1. The van der Waals surface area contributed by atoms with Crippen molar-refractivity contribution in [2.45, 2.75) is 44.2 Å². The normalized spacial score (nSPS) is 18.8. The van der Waals surface area contributed by atoms with Crippen molar-refractivity contribution in [3.8, 4) is 11.5 Å². The molecule has 1 fully saturated rings. The molecule has 3 N–H and O–H groups in total. The summed E-state index contributed by atoms with van der Waals surface area (Å²) in [5, 5.41) is 18.4. The molecule has 1 aliphatic rings. The number of aliphatic carboxylic acids is 2. The largest absolute Gasteiger partial charge is 0.493 e. The molecule has 2 unspecified atom stereocenters. The van der Waals surface area contributed by atoms with Crippen molar-refractivity contribution in [3.05, 3.63) is 23.8 Å². The van der Waals surface area contributed by atoms with Gasteiger partial charge in [-0.1, -0.05) is 18.9 Å². The zero-order chi connectivity index (χ0) is 20.2. The predicted molar refractivity (Wildman–Crippen MR) is 99.6 cm³/mol. The first-order chi connectivity index (χ1) is 12.9. The first-order valence-electron chi connectivity index (χ1n) is 8.86. The smallest absolute Gasteiger partial charge is 0.414 e. The van der Waals surface area contributed by atoms with E-state index in [0.29, 0.717) is 12.1 Å². The van der Waals surface area contributed by atoms with Crippen molar-refractivity contribution in [3.63, 3.8) is 0 Å². The summed E-state index contributed by atoms with van der Waals surface area (Å²) < 4.78 is 16.2. The zero-order valence-electron chi connectivity index (χ0n) is 16.1. The fraction of sp³-hybridized carbons (Fsp3) is 0.579. The third-order valence-electron chi connectivity index (χ3n) is 4.46. The summed E-state index contributed by atoms with van der Waals surface area (Å²) in [4.78, 5) is 18.2. The van der Waals surface area contributed by atoms with Crippen molar-refractivity contribution >= 4 is 11.9 Å². The number of hydrogen-bond acceptors (Lipinski definition) is 6. The molecule has 0 aliphatic heterocycles. The van der Waals surface area contributed by atoms with E-state index in [1.807, 2.05) is 13.2 Å². The molecule has 0 saturated heterocycles. The number of methoxy groups -OCH3 is 3. The second-order valence-corrected chi connectivity index (χ2v) is 6.17. The van der Waals surface area contributed by atoms with Crippen LogP contribution in [0.25, 0.3) is 0 Å². The van der Waals surface area contributed by atoms with Gasteiger partial charge in [-0.3, -0.25) is 0 Å². The molecule has 0 amide bonds. The molecule has 1 aromatic carbocycles. The number of carboxylic acid groups (broad SMARTS) is 2. The van der Waals surface area contributed by atoms with Crippen LogP contribution in [0.5, 0.6) is 11.5 Å². The molecule has 8 heteroatoms. The van der Waals surface area contributed by atoms with E-state index >= 15 is 0 Å². The fourth-order valence-corrected chi connectivity index (χ4v) is 3.05. The second kappa shape index (κ2) is 12.1. The van der Waals surface area contributed by atoms with Crippen LogP contribution < -0.4 is 14.8 Å². The monoisotopic (exact) mass is 383 g/mol. The lowest BCUT2D eigenvalue weighted by Crippen LogP contribution is -2.43. The summed E-state index contributed by atoms with van der Waals surface area (Å²) in [5.74, 6) is -2.08. The number of nitrogens with one attached hydrogen (secondary N) is 1. The average molecular weight is 383 g/mol. The third-order valence-corrected chi connectivity index (χ3v) is 4.46. The fourth-order valence-electron chi connectivity index (χ4n) is 3.05. The van der Waals surface area contributed by atoms with Gasteiger partial charge in [0.15, 0.2) is 11.5 Å². The molecule has 0 spiro atoms. The van der Waals surface area contributed by atoms with Gasteiger partial charge in [0.25, 0.3) is 0 Å². The molecule has 0 bridgehead atoms.